The molecule has 5 rings (SSSR count). The van der Waals surface area contributed by atoms with Gasteiger partial charge in [-0.1, -0.05) is 52.3 Å². The van der Waals surface area contributed by atoms with E-state index < -0.39 is 11.1 Å². The number of amides is 3. The summed E-state index contributed by atoms with van der Waals surface area (Å²) in [6.07, 6.45) is 3.44. The Hall–Kier alpha value is -3.47. The molecule has 0 unspecified atom stereocenters. The number of carbonyl (C=O) groups excluding carboxylic acids is 4. The Bertz CT molecular complexity index is 1540. The van der Waals surface area contributed by atoms with Crippen LogP contribution in [0.4, 0.5) is 4.79 Å². The maximum Gasteiger partial charge on any atom is 0.293 e. The minimum absolute atomic E-state index is 0.102. The quantitative estimate of drug-likeness (QED) is 0.209. The van der Waals surface area contributed by atoms with Crippen LogP contribution in [0, 0.1) is 0 Å². The highest BCUT2D eigenvalue weighted by Gasteiger charge is 2.36. The van der Waals surface area contributed by atoms with Gasteiger partial charge in [-0.25, -0.2) is 0 Å². The Morgan fingerprint density at radius 3 is 2.57 bits per heavy atom. The summed E-state index contributed by atoms with van der Waals surface area (Å²) in [6, 6.07) is 18.2. The van der Waals surface area contributed by atoms with Gasteiger partial charge in [0, 0.05) is 37.6 Å². The van der Waals surface area contributed by atoms with Gasteiger partial charge in [-0.15, -0.1) is 11.3 Å². The maximum atomic E-state index is 13.1. The topological polar surface area (TPSA) is 88.5 Å². The number of carbonyl (C=O) groups is 4. The average molecular weight is 595 g/mol. The molecule has 0 saturated carbocycles. The standard InChI is InChI=1S/C27H20BrN3O4S2/c28-19-8-9-22-21(12-19)18(14-30(22)16-25(33)29-13-20-7-4-10-36-20)11-24-26(34)31(27(35)37-24)15-23(32)17-5-2-1-3-6-17/h1-12,14H,13,15-16H2,(H,29,33)/b24-11-. The van der Waals surface area contributed by atoms with Crippen LogP contribution >= 0.6 is 39.0 Å². The van der Waals surface area contributed by atoms with Gasteiger partial charge in [0.2, 0.25) is 5.91 Å². The highest BCUT2D eigenvalue weighted by atomic mass is 79.9. The second-order valence-corrected chi connectivity index (χ2v) is 11.2. The SMILES string of the molecule is O=C(Cn1cc(/C=C2\SC(=O)N(CC(=O)c3ccccc3)C2=O)c2cc(Br)ccc21)NCc1cccs1. The third-order valence-corrected chi connectivity index (χ3v) is 8.06. The zero-order valence-corrected chi connectivity index (χ0v) is 22.6. The Balaban J connectivity index is 1.37. The zero-order chi connectivity index (χ0) is 25.9. The number of hydrogen-bond donors (Lipinski definition) is 1. The van der Waals surface area contributed by atoms with Crippen molar-refractivity contribution in [2.45, 2.75) is 13.1 Å². The molecule has 4 aromatic rings. The van der Waals surface area contributed by atoms with Crippen LogP contribution in [-0.4, -0.2) is 38.8 Å². The number of rotatable bonds is 8. The number of aromatic nitrogens is 1. The molecule has 10 heteroatoms. The summed E-state index contributed by atoms with van der Waals surface area (Å²) >= 11 is 5.87. The van der Waals surface area contributed by atoms with E-state index in [0.717, 1.165) is 36.9 Å². The van der Waals surface area contributed by atoms with E-state index in [9.17, 15) is 19.2 Å². The molecule has 0 aliphatic carbocycles. The van der Waals surface area contributed by atoms with Crippen LogP contribution in [0.5, 0.6) is 0 Å². The number of nitrogens with zero attached hydrogens (tertiary/aromatic N) is 2. The molecule has 0 bridgehead atoms. The molecule has 0 radical (unpaired) electrons. The molecular formula is C27H20BrN3O4S2. The number of nitrogens with one attached hydrogen (secondary N) is 1. The molecule has 2 aromatic carbocycles. The first kappa shape index (κ1) is 25.2. The van der Waals surface area contributed by atoms with Crippen LogP contribution in [0.1, 0.15) is 20.8 Å². The number of benzene rings is 2. The second-order valence-electron chi connectivity index (χ2n) is 8.29. The molecule has 3 amide bonds. The molecule has 0 spiro atoms. The third-order valence-electron chi connectivity index (χ3n) is 5.79. The summed E-state index contributed by atoms with van der Waals surface area (Å²) < 4.78 is 2.66. The maximum absolute atomic E-state index is 13.1. The summed E-state index contributed by atoms with van der Waals surface area (Å²) in [5, 5.41) is 5.23. The van der Waals surface area contributed by atoms with E-state index in [-0.39, 0.29) is 29.7 Å². The molecule has 3 heterocycles. The van der Waals surface area contributed by atoms with Crippen LogP contribution in [-0.2, 0) is 22.7 Å². The van der Waals surface area contributed by atoms with E-state index in [1.807, 2.05) is 40.3 Å². The molecule has 7 nitrogen and oxygen atoms in total. The van der Waals surface area contributed by atoms with Crippen LogP contribution in [0.25, 0.3) is 17.0 Å². The number of imide groups is 1. The van der Waals surface area contributed by atoms with Crippen LogP contribution in [0.15, 0.2) is 81.6 Å². The lowest BCUT2D eigenvalue weighted by Crippen LogP contribution is -2.33. The van der Waals surface area contributed by atoms with Crippen molar-refractivity contribution in [2.75, 3.05) is 6.54 Å². The van der Waals surface area contributed by atoms with Crippen LogP contribution in [0.3, 0.4) is 0 Å². The number of halogens is 1. The van der Waals surface area contributed by atoms with E-state index in [1.165, 1.54) is 0 Å². The summed E-state index contributed by atoms with van der Waals surface area (Å²) in [6.45, 7) is 0.247. The first-order valence-electron chi connectivity index (χ1n) is 11.3. The van der Waals surface area contributed by atoms with Gasteiger partial charge in [0.05, 0.1) is 18.0 Å². The van der Waals surface area contributed by atoms with E-state index in [4.69, 9.17) is 0 Å². The van der Waals surface area contributed by atoms with Crippen LogP contribution < -0.4 is 5.32 Å². The lowest BCUT2D eigenvalue weighted by molar-refractivity contribution is -0.123. The largest absolute Gasteiger partial charge is 0.350 e. The minimum Gasteiger partial charge on any atom is -0.350 e. The van der Waals surface area contributed by atoms with Crippen LogP contribution in [0.2, 0.25) is 0 Å². The highest BCUT2D eigenvalue weighted by Crippen LogP contribution is 2.35. The van der Waals surface area contributed by atoms with Crippen molar-refractivity contribution in [2.24, 2.45) is 0 Å². The second kappa shape index (κ2) is 10.9. The van der Waals surface area contributed by atoms with E-state index in [0.29, 0.717) is 17.7 Å². The van der Waals surface area contributed by atoms with Gasteiger partial charge in [-0.05, 0) is 47.5 Å². The fourth-order valence-corrected chi connectivity index (χ4v) is 5.82. The average Bonchev–Trinajstić information content (AvgIpc) is 3.59. The number of thioether (sulfide) groups is 1. The molecule has 37 heavy (non-hydrogen) atoms. The molecule has 1 fully saturated rings. The number of Topliss-reactive ketones (excluding diaryl/α,β-unsaturated/α-hetero) is 1. The summed E-state index contributed by atoms with van der Waals surface area (Å²) in [5.74, 6) is -0.957. The molecule has 1 aliphatic heterocycles. The Kier molecular flexibility index (Phi) is 7.40. The van der Waals surface area contributed by atoms with Gasteiger partial charge in [0.1, 0.15) is 6.54 Å². The van der Waals surface area contributed by atoms with Gasteiger partial charge in [0.15, 0.2) is 5.78 Å². The van der Waals surface area contributed by atoms with E-state index in [2.05, 4.69) is 21.2 Å². The minimum atomic E-state index is -0.510. The van der Waals surface area contributed by atoms with E-state index in [1.54, 1.807) is 53.9 Å². The number of ketones is 1. The molecule has 1 saturated heterocycles. The molecule has 1 N–H and O–H groups in total. The summed E-state index contributed by atoms with van der Waals surface area (Å²) in [5.41, 5.74) is 1.96. The van der Waals surface area contributed by atoms with Crippen molar-refractivity contribution in [1.29, 1.82) is 0 Å². The van der Waals surface area contributed by atoms with Crippen molar-refractivity contribution in [3.05, 3.63) is 97.6 Å². The lowest BCUT2D eigenvalue weighted by Gasteiger charge is -2.11. The first-order valence-corrected chi connectivity index (χ1v) is 13.8. The molecular weight excluding hydrogens is 574 g/mol. The first-order chi connectivity index (χ1) is 17.9. The predicted octanol–water partition coefficient (Wildman–Crippen LogP) is 5.70. The van der Waals surface area contributed by atoms with Gasteiger partial charge in [0.25, 0.3) is 11.1 Å². The number of thiophene rings is 1. The van der Waals surface area contributed by atoms with Gasteiger partial charge >= 0.3 is 0 Å². The summed E-state index contributed by atoms with van der Waals surface area (Å²) in [4.78, 5) is 53.1. The fourth-order valence-electron chi connectivity index (χ4n) is 3.99. The normalized spacial score (nSPS) is 14.6. The molecule has 2 aromatic heterocycles. The summed E-state index contributed by atoms with van der Waals surface area (Å²) in [7, 11) is 0. The van der Waals surface area contributed by atoms with Crippen molar-refractivity contribution < 1.29 is 19.2 Å². The van der Waals surface area contributed by atoms with Crippen molar-refractivity contribution in [1.82, 2.24) is 14.8 Å². The number of hydrogen-bond acceptors (Lipinski definition) is 6. The molecule has 1 aliphatic rings. The third kappa shape index (κ3) is 5.61. The lowest BCUT2D eigenvalue weighted by atomic mass is 10.1. The van der Waals surface area contributed by atoms with Gasteiger partial charge < -0.3 is 9.88 Å². The number of fused-ring (bicyclic) bond motifs is 1. The van der Waals surface area contributed by atoms with E-state index >= 15 is 0 Å². The monoisotopic (exact) mass is 593 g/mol. The van der Waals surface area contributed by atoms with Gasteiger partial charge in [-0.2, -0.15) is 0 Å². The fraction of sp³-hybridized carbons (Fsp3) is 0.111. The smallest absolute Gasteiger partial charge is 0.293 e. The Morgan fingerprint density at radius 1 is 1.00 bits per heavy atom. The predicted molar refractivity (Wildman–Crippen MR) is 149 cm³/mol. The molecule has 186 valence electrons. The van der Waals surface area contributed by atoms with Crippen molar-refractivity contribution in [3.8, 4) is 0 Å². The molecule has 0 atom stereocenters. The van der Waals surface area contributed by atoms with Gasteiger partial charge in [-0.3, -0.25) is 24.1 Å². The zero-order valence-electron chi connectivity index (χ0n) is 19.3. The Morgan fingerprint density at radius 2 is 1.81 bits per heavy atom. The van der Waals surface area contributed by atoms with Crippen molar-refractivity contribution in [3.63, 3.8) is 0 Å². The highest BCUT2D eigenvalue weighted by molar-refractivity contribution is 9.10. The Labute approximate surface area is 229 Å². The van der Waals surface area contributed by atoms with Crippen molar-refractivity contribution >= 4 is 78.8 Å².